The van der Waals surface area contributed by atoms with Crippen LogP contribution in [0.15, 0.2) is 54.9 Å². The largest absolute Gasteiger partial charge is 0.494 e. The van der Waals surface area contributed by atoms with Crippen molar-refractivity contribution in [3.8, 4) is 34.0 Å². The van der Waals surface area contributed by atoms with E-state index in [1.165, 1.54) is 12.1 Å². The maximum Gasteiger partial charge on any atom is 0.163 e. The number of ether oxygens (including phenoxy) is 2. The fraction of sp³-hybridized carbons (Fsp3) is 0.208. The highest BCUT2D eigenvalue weighted by atomic mass is 19.1. The standard InChI is InChI=1S/C24H23FN4O2/c1-4-30-19-10-16(9-18(25)13-19)17-11-20-22(21(12-17)31-5-2)28-23(29-24(20)26-3)15-7-6-8-27-14-15/h6-14H,4-5H2,1-3H3,(H,26,28,29). The van der Waals surface area contributed by atoms with Gasteiger partial charge < -0.3 is 14.8 Å². The van der Waals surface area contributed by atoms with E-state index in [0.29, 0.717) is 47.4 Å². The van der Waals surface area contributed by atoms with Gasteiger partial charge in [-0.1, -0.05) is 0 Å². The predicted octanol–water partition coefficient (Wildman–Crippen LogP) is 5.34. The normalized spacial score (nSPS) is 10.8. The van der Waals surface area contributed by atoms with Crippen LogP contribution in [0.5, 0.6) is 11.5 Å². The summed E-state index contributed by atoms with van der Waals surface area (Å²) in [6.07, 6.45) is 3.42. The molecule has 0 fully saturated rings. The molecule has 0 radical (unpaired) electrons. The molecule has 0 unspecified atom stereocenters. The molecule has 0 saturated heterocycles. The molecule has 1 N–H and O–H groups in total. The number of anilines is 1. The van der Waals surface area contributed by atoms with E-state index in [0.717, 1.165) is 16.5 Å². The first kappa shape index (κ1) is 20.5. The summed E-state index contributed by atoms with van der Waals surface area (Å²) in [6.45, 7) is 4.70. The molecule has 0 aliphatic rings. The average molecular weight is 418 g/mol. The van der Waals surface area contributed by atoms with Crippen molar-refractivity contribution in [2.75, 3.05) is 25.6 Å². The van der Waals surface area contributed by atoms with Crippen LogP contribution in [0.1, 0.15) is 13.8 Å². The van der Waals surface area contributed by atoms with Crippen LogP contribution >= 0.6 is 0 Å². The lowest BCUT2D eigenvalue weighted by Gasteiger charge is -2.15. The van der Waals surface area contributed by atoms with E-state index >= 15 is 0 Å². The number of pyridine rings is 1. The van der Waals surface area contributed by atoms with Gasteiger partial charge in [-0.3, -0.25) is 4.98 Å². The molecule has 4 aromatic rings. The van der Waals surface area contributed by atoms with Crippen LogP contribution in [-0.4, -0.2) is 35.2 Å². The minimum absolute atomic E-state index is 0.365. The van der Waals surface area contributed by atoms with E-state index in [9.17, 15) is 4.39 Å². The number of halogens is 1. The van der Waals surface area contributed by atoms with E-state index in [1.807, 2.05) is 44.2 Å². The average Bonchev–Trinajstić information content (AvgIpc) is 2.79. The molecule has 2 heterocycles. The molecule has 0 spiro atoms. The molecule has 31 heavy (non-hydrogen) atoms. The highest BCUT2D eigenvalue weighted by Crippen LogP contribution is 2.37. The van der Waals surface area contributed by atoms with Gasteiger partial charge in [0.05, 0.1) is 13.2 Å². The number of hydrogen-bond acceptors (Lipinski definition) is 6. The Bertz CT molecular complexity index is 1220. The fourth-order valence-corrected chi connectivity index (χ4v) is 3.43. The summed E-state index contributed by atoms with van der Waals surface area (Å²) in [6, 6.07) is 12.2. The fourth-order valence-electron chi connectivity index (χ4n) is 3.43. The van der Waals surface area contributed by atoms with Crippen molar-refractivity contribution in [1.82, 2.24) is 15.0 Å². The number of hydrogen-bond donors (Lipinski definition) is 1. The third-order valence-electron chi connectivity index (χ3n) is 4.74. The Balaban J connectivity index is 1.94. The summed E-state index contributed by atoms with van der Waals surface area (Å²) < 4.78 is 25.7. The molecular weight excluding hydrogens is 395 g/mol. The van der Waals surface area contributed by atoms with Gasteiger partial charge in [0.1, 0.15) is 28.7 Å². The Morgan fingerprint density at radius 3 is 2.45 bits per heavy atom. The number of aromatic nitrogens is 3. The Kier molecular flexibility index (Phi) is 5.93. The minimum atomic E-state index is -0.365. The van der Waals surface area contributed by atoms with Crippen LogP contribution < -0.4 is 14.8 Å². The van der Waals surface area contributed by atoms with Crippen molar-refractivity contribution in [3.05, 3.63) is 60.7 Å². The summed E-state index contributed by atoms with van der Waals surface area (Å²) in [5.74, 6) is 1.90. The van der Waals surface area contributed by atoms with Crippen molar-refractivity contribution in [2.24, 2.45) is 0 Å². The molecule has 0 aliphatic heterocycles. The van der Waals surface area contributed by atoms with Crippen molar-refractivity contribution in [2.45, 2.75) is 13.8 Å². The van der Waals surface area contributed by atoms with Crippen molar-refractivity contribution < 1.29 is 13.9 Å². The number of nitrogens with one attached hydrogen (secondary N) is 1. The third-order valence-corrected chi connectivity index (χ3v) is 4.74. The smallest absolute Gasteiger partial charge is 0.163 e. The van der Waals surface area contributed by atoms with Gasteiger partial charge in [0.15, 0.2) is 5.82 Å². The second-order valence-corrected chi connectivity index (χ2v) is 6.80. The van der Waals surface area contributed by atoms with Gasteiger partial charge in [-0.2, -0.15) is 0 Å². The molecule has 2 aromatic heterocycles. The molecule has 158 valence electrons. The van der Waals surface area contributed by atoms with E-state index < -0.39 is 0 Å². The highest BCUT2D eigenvalue weighted by molar-refractivity contribution is 5.97. The van der Waals surface area contributed by atoms with Gasteiger partial charge in [-0.25, -0.2) is 14.4 Å². The van der Waals surface area contributed by atoms with Gasteiger partial charge >= 0.3 is 0 Å². The Labute approximate surface area is 180 Å². The molecule has 0 amide bonds. The number of nitrogens with zero attached hydrogens (tertiary/aromatic N) is 3. The Morgan fingerprint density at radius 2 is 1.74 bits per heavy atom. The predicted molar refractivity (Wildman–Crippen MR) is 120 cm³/mol. The third kappa shape index (κ3) is 4.26. The zero-order valence-corrected chi connectivity index (χ0v) is 17.6. The molecule has 0 saturated carbocycles. The van der Waals surface area contributed by atoms with Crippen LogP contribution in [0.3, 0.4) is 0 Å². The second kappa shape index (κ2) is 8.95. The molecule has 0 aliphatic carbocycles. The highest BCUT2D eigenvalue weighted by Gasteiger charge is 2.16. The van der Waals surface area contributed by atoms with Gasteiger partial charge in [0.25, 0.3) is 0 Å². The second-order valence-electron chi connectivity index (χ2n) is 6.80. The van der Waals surface area contributed by atoms with Crippen molar-refractivity contribution in [3.63, 3.8) is 0 Å². The van der Waals surface area contributed by atoms with Gasteiger partial charge in [-0.15, -0.1) is 0 Å². The van der Waals surface area contributed by atoms with E-state index in [-0.39, 0.29) is 5.82 Å². The van der Waals surface area contributed by atoms with E-state index in [2.05, 4.69) is 15.3 Å². The van der Waals surface area contributed by atoms with Gasteiger partial charge in [-0.05, 0) is 61.4 Å². The summed E-state index contributed by atoms with van der Waals surface area (Å²) in [5.41, 5.74) is 2.94. The van der Waals surface area contributed by atoms with Crippen LogP contribution in [0, 0.1) is 5.82 Å². The molecule has 4 rings (SSSR count). The van der Waals surface area contributed by atoms with E-state index in [1.54, 1.807) is 19.4 Å². The first-order valence-corrected chi connectivity index (χ1v) is 10.1. The molecule has 2 aromatic carbocycles. The lowest BCUT2D eigenvalue weighted by molar-refractivity contribution is 0.338. The lowest BCUT2D eigenvalue weighted by atomic mass is 10.0. The van der Waals surface area contributed by atoms with Crippen LogP contribution in [-0.2, 0) is 0 Å². The number of benzene rings is 2. The van der Waals surface area contributed by atoms with Crippen molar-refractivity contribution in [1.29, 1.82) is 0 Å². The number of fused-ring (bicyclic) bond motifs is 1. The molecule has 0 atom stereocenters. The summed E-state index contributed by atoms with van der Waals surface area (Å²) in [4.78, 5) is 13.6. The zero-order chi connectivity index (χ0) is 21.8. The Hall–Kier alpha value is -3.74. The van der Waals surface area contributed by atoms with E-state index in [4.69, 9.17) is 14.5 Å². The van der Waals surface area contributed by atoms with Gasteiger partial charge in [0, 0.05) is 36.5 Å². The SMILES string of the molecule is CCOc1cc(F)cc(-c2cc(OCC)c3nc(-c4cccnc4)nc(NC)c3c2)c1. The van der Waals surface area contributed by atoms with Crippen LogP contribution in [0.4, 0.5) is 10.2 Å². The summed E-state index contributed by atoms with van der Waals surface area (Å²) in [5, 5.41) is 3.92. The monoisotopic (exact) mass is 418 g/mol. The summed E-state index contributed by atoms with van der Waals surface area (Å²) in [7, 11) is 1.80. The minimum Gasteiger partial charge on any atom is -0.494 e. The van der Waals surface area contributed by atoms with Gasteiger partial charge in [0.2, 0.25) is 0 Å². The Morgan fingerprint density at radius 1 is 0.935 bits per heavy atom. The first-order valence-electron chi connectivity index (χ1n) is 10.1. The van der Waals surface area contributed by atoms with Crippen LogP contribution in [0.25, 0.3) is 33.4 Å². The first-order chi connectivity index (χ1) is 15.1. The summed E-state index contributed by atoms with van der Waals surface area (Å²) >= 11 is 0. The molecule has 0 bridgehead atoms. The maximum absolute atomic E-state index is 14.2. The molecule has 7 heteroatoms. The molecular formula is C24H23FN4O2. The lowest BCUT2D eigenvalue weighted by Crippen LogP contribution is -2.02. The quantitative estimate of drug-likeness (QED) is 0.437. The number of rotatable bonds is 7. The van der Waals surface area contributed by atoms with Crippen molar-refractivity contribution >= 4 is 16.7 Å². The van der Waals surface area contributed by atoms with Crippen LogP contribution in [0.2, 0.25) is 0 Å². The topological polar surface area (TPSA) is 69.2 Å². The molecule has 6 nitrogen and oxygen atoms in total. The zero-order valence-electron chi connectivity index (χ0n) is 17.6. The maximum atomic E-state index is 14.2.